The second-order valence-corrected chi connectivity index (χ2v) is 7.64. The van der Waals surface area contributed by atoms with Gasteiger partial charge in [-0.05, 0) is 29.0 Å². The van der Waals surface area contributed by atoms with Gasteiger partial charge in [0.05, 0.1) is 30.2 Å². The van der Waals surface area contributed by atoms with Crippen molar-refractivity contribution in [3.63, 3.8) is 0 Å². The molecule has 0 radical (unpaired) electrons. The van der Waals surface area contributed by atoms with E-state index in [0.29, 0.717) is 43.5 Å². The summed E-state index contributed by atoms with van der Waals surface area (Å²) in [4.78, 5) is 11.6. The fourth-order valence-corrected chi connectivity index (χ4v) is 3.90. The van der Waals surface area contributed by atoms with Crippen molar-refractivity contribution in [1.82, 2.24) is 9.97 Å². The Morgan fingerprint density at radius 1 is 0.781 bits per heavy atom. The molecule has 0 N–H and O–H groups in total. The van der Waals surface area contributed by atoms with E-state index in [2.05, 4.69) is 0 Å². The van der Waals surface area contributed by atoms with Crippen LogP contribution in [0.3, 0.4) is 0 Å². The zero-order chi connectivity index (χ0) is 22.1. The number of hydrogen-bond donors (Lipinski definition) is 0. The van der Waals surface area contributed by atoms with E-state index in [4.69, 9.17) is 14.7 Å². The van der Waals surface area contributed by atoms with Gasteiger partial charge in [-0.15, -0.1) is 0 Å². The largest absolute Gasteiger partial charge is 0.416 e. The Kier molecular flexibility index (Phi) is 5.27. The summed E-state index contributed by atoms with van der Waals surface area (Å²) >= 11 is 0. The molecular formula is C25H20F3N3O. The number of fused-ring (bicyclic) bond motifs is 1. The monoisotopic (exact) mass is 435 g/mol. The van der Waals surface area contributed by atoms with Gasteiger partial charge in [0.2, 0.25) is 5.95 Å². The molecule has 162 valence electrons. The van der Waals surface area contributed by atoms with Crippen molar-refractivity contribution in [2.75, 3.05) is 31.2 Å². The topological polar surface area (TPSA) is 38.2 Å². The first-order chi connectivity index (χ1) is 15.5. The van der Waals surface area contributed by atoms with Gasteiger partial charge in [-0.25, -0.2) is 9.97 Å². The standard InChI is InChI=1S/C25H20F3N3O/c26-25(27,28)19-10-8-18(9-11-19)22-16-23(30-24(29-22)31-12-14-32-15-13-31)21-7-3-5-17-4-1-2-6-20(17)21/h1-11,16H,12-15H2. The molecule has 0 aliphatic carbocycles. The summed E-state index contributed by atoms with van der Waals surface area (Å²) in [6, 6.07) is 21.0. The van der Waals surface area contributed by atoms with Gasteiger partial charge in [-0.3, -0.25) is 0 Å². The summed E-state index contributed by atoms with van der Waals surface area (Å²) in [5.74, 6) is 0.550. The third-order valence-corrected chi connectivity index (χ3v) is 5.58. The summed E-state index contributed by atoms with van der Waals surface area (Å²) in [6.45, 7) is 2.48. The Labute approximate surface area is 183 Å². The minimum Gasteiger partial charge on any atom is -0.378 e. The van der Waals surface area contributed by atoms with E-state index in [9.17, 15) is 13.2 Å². The first-order valence-electron chi connectivity index (χ1n) is 10.4. The first kappa shape index (κ1) is 20.5. The molecule has 0 spiro atoms. The summed E-state index contributed by atoms with van der Waals surface area (Å²) < 4.78 is 44.5. The molecule has 0 atom stereocenters. The predicted molar refractivity (Wildman–Crippen MR) is 118 cm³/mol. The number of halogens is 3. The molecule has 0 unspecified atom stereocenters. The van der Waals surface area contributed by atoms with Crippen LogP contribution >= 0.6 is 0 Å². The van der Waals surface area contributed by atoms with Crippen LogP contribution in [-0.4, -0.2) is 36.3 Å². The second-order valence-electron chi connectivity index (χ2n) is 7.64. The second kappa shape index (κ2) is 8.24. The van der Waals surface area contributed by atoms with Crippen LogP contribution in [-0.2, 0) is 10.9 Å². The lowest BCUT2D eigenvalue weighted by atomic mass is 10.0. The van der Waals surface area contributed by atoms with Crippen LogP contribution in [0.4, 0.5) is 19.1 Å². The Morgan fingerprint density at radius 3 is 2.22 bits per heavy atom. The number of rotatable bonds is 3. The maximum Gasteiger partial charge on any atom is 0.416 e. The highest BCUT2D eigenvalue weighted by atomic mass is 19.4. The molecular weight excluding hydrogens is 415 g/mol. The SMILES string of the molecule is FC(F)(F)c1ccc(-c2cc(-c3cccc4ccccc34)nc(N3CCOCC3)n2)cc1. The number of hydrogen-bond acceptors (Lipinski definition) is 4. The molecule has 4 nitrogen and oxygen atoms in total. The minimum absolute atomic E-state index is 0.550. The number of morpholine rings is 1. The molecule has 0 bridgehead atoms. The third kappa shape index (κ3) is 4.03. The molecule has 1 aromatic heterocycles. The average molecular weight is 435 g/mol. The van der Waals surface area contributed by atoms with Crippen molar-refractivity contribution < 1.29 is 17.9 Å². The molecule has 5 rings (SSSR count). The van der Waals surface area contributed by atoms with Crippen molar-refractivity contribution in [1.29, 1.82) is 0 Å². The van der Waals surface area contributed by atoms with Crippen molar-refractivity contribution in [3.05, 3.63) is 78.4 Å². The van der Waals surface area contributed by atoms with Gasteiger partial charge in [-0.1, -0.05) is 54.6 Å². The summed E-state index contributed by atoms with van der Waals surface area (Å²) in [5.41, 5.74) is 2.19. The number of alkyl halides is 3. The normalized spacial score (nSPS) is 14.7. The molecule has 0 saturated carbocycles. The van der Waals surface area contributed by atoms with Crippen molar-refractivity contribution in [2.45, 2.75) is 6.18 Å². The summed E-state index contributed by atoms with van der Waals surface area (Å²) in [5, 5.41) is 2.15. The molecule has 2 heterocycles. The number of anilines is 1. The molecule has 7 heteroatoms. The Balaban J connectivity index is 1.65. The molecule has 1 aliphatic heterocycles. The van der Waals surface area contributed by atoms with E-state index in [0.717, 1.165) is 34.2 Å². The smallest absolute Gasteiger partial charge is 0.378 e. The first-order valence-corrected chi connectivity index (χ1v) is 10.4. The van der Waals surface area contributed by atoms with Gasteiger partial charge in [0.25, 0.3) is 0 Å². The molecule has 1 aliphatic rings. The zero-order valence-corrected chi connectivity index (χ0v) is 17.1. The maximum atomic E-state index is 13.0. The van der Waals surface area contributed by atoms with Crippen LogP contribution in [0.25, 0.3) is 33.3 Å². The summed E-state index contributed by atoms with van der Waals surface area (Å²) in [7, 11) is 0. The molecule has 1 fully saturated rings. The highest BCUT2D eigenvalue weighted by molar-refractivity contribution is 5.96. The van der Waals surface area contributed by atoms with Gasteiger partial charge in [0.15, 0.2) is 0 Å². The van der Waals surface area contributed by atoms with Crippen LogP contribution in [0.5, 0.6) is 0 Å². The molecule has 4 aromatic rings. The quantitative estimate of drug-likeness (QED) is 0.407. The minimum atomic E-state index is -4.38. The molecule has 0 amide bonds. The fourth-order valence-electron chi connectivity index (χ4n) is 3.90. The van der Waals surface area contributed by atoms with Crippen LogP contribution < -0.4 is 4.90 Å². The Bertz CT molecular complexity index is 1240. The molecule has 3 aromatic carbocycles. The maximum absolute atomic E-state index is 13.0. The van der Waals surface area contributed by atoms with Crippen LogP contribution in [0.1, 0.15) is 5.56 Å². The van der Waals surface area contributed by atoms with Gasteiger partial charge in [0, 0.05) is 24.2 Å². The molecule has 32 heavy (non-hydrogen) atoms. The third-order valence-electron chi connectivity index (χ3n) is 5.58. The van der Waals surface area contributed by atoms with E-state index in [1.165, 1.54) is 12.1 Å². The van der Waals surface area contributed by atoms with Crippen molar-refractivity contribution in [2.24, 2.45) is 0 Å². The van der Waals surface area contributed by atoms with Crippen LogP contribution in [0, 0.1) is 0 Å². The van der Waals surface area contributed by atoms with E-state index in [1.54, 1.807) is 0 Å². The fraction of sp³-hybridized carbons (Fsp3) is 0.200. The Morgan fingerprint density at radius 2 is 1.47 bits per heavy atom. The Hall–Kier alpha value is -3.45. The lowest BCUT2D eigenvalue weighted by molar-refractivity contribution is -0.137. The van der Waals surface area contributed by atoms with Crippen LogP contribution in [0.2, 0.25) is 0 Å². The lowest BCUT2D eigenvalue weighted by Crippen LogP contribution is -2.37. The number of nitrogens with zero attached hydrogens (tertiary/aromatic N) is 3. The van der Waals surface area contributed by atoms with Crippen molar-refractivity contribution >= 4 is 16.7 Å². The van der Waals surface area contributed by atoms with Gasteiger partial charge >= 0.3 is 6.18 Å². The molecule has 1 saturated heterocycles. The lowest BCUT2D eigenvalue weighted by Gasteiger charge is -2.27. The van der Waals surface area contributed by atoms with E-state index >= 15 is 0 Å². The van der Waals surface area contributed by atoms with Crippen LogP contribution in [0.15, 0.2) is 72.8 Å². The van der Waals surface area contributed by atoms with E-state index < -0.39 is 11.7 Å². The number of benzene rings is 3. The summed E-state index contributed by atoms with van der Waals surface area (Å²) in [6.07, 6.45) is -4.38. The predicted octanol–water partition coefficient (Wildman–Crippen LogP) is 5.82. The highest BCUT2D eigenvalue weighted by Gasteiger charge is 2.30. The van der Waals surface area contributed by atoms with Gasteiger partial charge in [-0.2, -0.15) is 13.2 Å². The van der Waals surface area contributed by atoms with E-state index in [1.807, 2.05) is 53.4 Å². The van der Waals surface area contributed by atoms with Gasteiger partial charge in [0.1, 0.15) is 0 Å². The number of aromatic nitrogens is 2. The van der Waals surface area contributed by atoms with Gasteiger partial charge < -0.3 is 9.64 Å². The van der Waals surface area contributed by atoms with E-state index in [-0.39, 0.29) is 0 Å². The number of ether oxygens (including phenoxy) is 1. The average Bonchev–Trinajstić information content (AvgIpc) is 2.83. The zero-order valence-electron chi connectivity index (χ0n) is 17.1. The van der Waals surface area contributed by atoms with Crippen molar-refractivity contribution in [3.8, 4) is 22.5 Å². The highest BCUT2D eigenvalue weighted by Crippen LogP contribution is 2.33.